The number of nitrogens with zero attached hydrogens (tertiary/aromatic N) is 1. The topological polar surface area (TPSA) is 46.8 Å². The molecular formula is C9H5ClNNaO. The second-order valence-corrected chi connectivity index (χ2v) is 2.59. The van der Waals surface area contributed by atoms with Crippen molar-refractivity contribution in [2.24, 2.45) is 0 Å². The van der Waals surface area contributed by atoms with E-state index in [9.17, 15) is 5.11 Å². The van der Waals surface area contributed by atoms with Crippen molar-refractivity contribution >= 4 is 17.2 Å². The number of allylic oxidation sites excluding steroid dienone is 1. The maximum atomic E-state index is 10.3. The van der Waals surface area contributed by atoms with Crippen LogP contribution in [-0.4, -0.2) is 0 Å². The van der Waals surface area contributed by atoms with E-state index in [1.54, 1.807) is 30.3 Å². The molecule has 0 spiro atoms. The van der Waals surface area contributed by atoms with Crippen molar-refractivity contribution in [1.82, 2.24) is 0 Å². The third-order valence-corrected chi connectivity index (χ3v) is 1.65. The Morgan fingerprint density at radius 3 is 2.31 bits per heavy atom. The molecule has 1 aromatic rings. The Balaban J connectivity index is 0.00000144. The van der Waals surface area contributed by atoms with E-state index in [-0.39, 0.29) is 35.1 Å². The maximum Gasteiger partial charge on any atom is 1.00 e. The van der Waals surface area contributed by atoms with Gasteiger partial charge in [0, 0.05) is 10.6 Å². The molecule has 0 aliphatic heterocycles. The van der Waals surface area contributed by atoms with Gasteiger partial charge in [-0.3, -0.25) is 0 Å². The fraction of sp³-hybridized carbons (Fsp3) is 0. The fourth-order valence-electron chi connectivity index (χ4n) is 0.788. The molecule has 0 heterocycles. The van der Waals surface area contributed by atoms with Gasteiger partial charge in [-0.1, -0.05) is 23.7 Å². The number of benzene rings is 1. The quantitative estimate of drug-likeness (QED) is 0.318. The number of hydrogen-bond donors (Lipinski definition) is 0. The molecule has 0 bridgehead atoms. The van der Waals surface area contributed by atoms with E-state index < -0.39 is 0 Å². The summed E-state index contributed by atoms with van der Waals surface area (Å²) in [5.74, 6) is 0. The zero-order valence-corrected chi connectivity index (χ0v) is 9.88. The third-order valence-electron chi connectivity index (χ3n) is 1.39. The van der Waals surface area contributed by atoms with Crippen molar-refractivity contribution in [3.05, 3.63) is 41.1 Å². The molecule has 4 heteroatoms. The fourth-order valence-corrected chi connectivity index (χ4v) is 0.914. The van der Waals surface area contributed by atoms with Gasteiger partial charge >= 0.3 is 29.6 Å². The summed E-state index contributed by atoms with van der Waals surface area (Å²) in [7, 11) is 0. The van der Waals surface area contributed by atoms with E-state index in [4.69, 9.17) is 16.9 Å². The van der Waals surface area contributed by atoms with Crippen LogP contribution >= 0.6 is 11.6 Å². The molecule has 1 rings (SSSR count). The zero-order chi connectivity index (χ0) is 8.97. The molecule has 0 saturated heterocycles. The van der Waals surface area contributed by atoms with E-state index in [0.29, 0.717) is 16.8 Å². The van der Waals surface area contributed by atoms with Crippen LogP contribution < -0.4 is 34.7 Å². The van der Waals surface area contributed by atoms with Crippen LogP contribution in [0.25, 0.3) is 5.57 Å². The average molecular weight is 202 g/mol. The van der Waals surface area contributed by atoms with Gasteiger partial charge in [-0.25, -0.2) is 0 Å². The Morgan fingerprint density at radius 1 is 1.38 bits per heavy atom. The van der Waals surface area contributed by atoms with Crippen molar-refractivity contribution in [3.8, 4) is 6.07 Å². The van der Waals surface area contributed by atoms with Gasteiger partial charge in [0.15, 0.2) is 0 Å². The molecule has 13 heavy (non-hydrogen) atoms. The Kier molecular flexibility index (Phi) is 5.85. The minimum absolute atomic E-state index is 0. The van der Waals surface area contributed by atoms with Crippen molar-refractivity contribution in [2.75, 3.05) is 0 Å². The molecule has 1 aromatic carbocycles. The molecule has 0 amide bonds. The van der Waals surface area contributed by atoms with Gasteiger partial charge in [0.25, 0.3) is 0 Å². The number of hydrogen-bond acceptors (Lipinski definition) is 2. The van der Waals surface area contributed by atoms with Crippen LogP contribution in [0.2, 0.25) is 5.02 Å². The summed E-state index contributed by atoms with van der Waals surface area (Å²) < 4.78 is 0. The standard InChI is InChI=1S/C9H6ClNO.Na/c10-9-3-1-7(2-4-9)8(5-11)6-12;/h1-4,6,12H;/q;+1/p-1/b8-6+;. The molecular weight excluding hydrogens is 197 g/mol. The van der Waals surface area contributed by atoms with Gasteiger partial charge in [0.05, 0.1) is 6.07 Å². The predicted molar refractivity (Wildman–Crippen MR) is 45.0 cm³/mol. The van der Waals surface area contributed by atoms with Crippen LogP contribution in [-0.2, 0) is 0 Å². The van der Waals surface area contributed by atoms with Gasteiger partial charge in [0.1, 0.15) is 0 Å². The Bertz CT molecular complexity index is 340. The van der Waals surface area contributed by atoms with Crippen molar-refractivity contribution in [1.29, 1.82) is 5.26 Å². The largest absolute Gasteiger partial charge is 1.00 e. The summed E-state index contributed by atoms with van der Waals surface area (Å²) >= 11 is 5.62. The first-order chi connectivity index (χ1) is 5.77. The summed E-state index contributed by atoms with van der Waals surface area (Å²) in [6, 6.07) is 8.33. The van der Waals surface area contributed by atoms with E-state index in [0.717, 1.165) is 0 Å². The number of rotatable bonds is 1. The van der Waals surface area contributed by atoms with E-state index in [1.807, 2.05) is 0 Å². The molecule has 0 radical (unpaired) electrons. The van der Waals surface area contributed by atoms with Crippen LogP contribution in [0, 0.1) is 11.3 Å². The molecule has 2 nitrogen and oxygen atoms in total. The van der Waals surface area contributed by atoms with Crippen LogP contribution in [0.4, 0.5) is 0 Å². The SMILES string of the molecule is N#C/C(=C\[O-])c1ccc(Cl)cc1.[Na+]. The Hall–Kier alpha value is -0.460. The molecule has 0 atom stereocenters. The van der Waals surface area contributed by atoms with Gasteiger partial charge in [-0.2, -0.15) is 5.26 Å². The van der Waals surface area contributed by atoms with Gasteiger partial charge < -0.3 is 5.11 Å². The van der Waals surface area contributed by atoms with Crippen molar-refractivity contribution in [2.45, 2.75) is 0 Å². The predicted octanol–water partition coefficient (Wildman–Crippen LogP) is -1.43. The zero-order valence-electron chi connectivity index (χ0n) is 7.12. The second-order valence-electron chi connectivity index (χ2n) is 2.15. The minimum atomic E-state index is 0. The Morgan fingerprint density at radius 2 is 1.92 bits per heavy atom. The third kappa shape index (κ3) is 3.41. The van der Waals surface area contributed by atoms with Gasteiger partial charge in [-0.05, 0) is 17.7 Å². The summed E-state index contributed by atoms with van der Waals surface area (Å²) in [5.41, 5.74) is 0.712. The smallest absolute Gasteiger partial charge is 0.877 e. The maximum absolute atomic E-state index is 10.3. The first-order valence-electron chi connectivity index (χ1n) is 3.26. The summed E-state index contributed by atoms with van der Waals surface area (Å²) in [6.45, 7) is 0. The molecule has 60 valence electrons. The minimum Gasteiger partial charge on any atom is -0.877 e. The van der Waals surface area contributed by atoms with Crippen LogP contribution in [0.15, 0.2) is 30.5 Å². The molecule has 0 aliphatic carbocycles. The molecule has 0 unspecified atom stereocenters. The molecule has 0 N–H and O–H groups in total. The van der Waals surface area contributed by atoms with Gasteiger partial charge in [0.2, 0.25) is 0 Å². The normalized spacial score (nSPS) is 10.0. The van der Waals surface area contributed by atoms with E-state index in [1.165, 1.54) is 0 Å². The summed E-state index contributed by atoms with van der Waals surface area (Å²) in [4.78, 5) is 0. The molecule has 0 aromatic heterocycles. The van der Waals surface area contributed by atoms with Crippen molar-refractivity contribution in [3.63, 3.8) is 0 Å². The monoisotopic (exact) mass is 201 g/mol. The molecule has 0 fully saturated rings. The van der Waals surface area contributed by atoms with Crippen molar-refractivity contribution < 1.29 is 34.7 Å². The molecule has 0 aliphatic rings. The molecule has 0 saturated carbocycles. The first kappa shape index (κ1) is 12.5. The van der Waals surface area contributed by atoms with Crippen LogP contribution in [0.1, 0.15) is 5.56 Å². The number of nitriles is 1. The summed E-state index contributed by atoms with van der Waals surface area (Å²) in [5, 5.41) is 19.4. The first-order valence-corrected chi connectivity index (χ1v) is 3.64. The second kappa shape index (κ2) is 6.06. The Labute approximate surface area is 104 Å². The van der Waals surface area contributed by atoms with Crippen LogP contribution in [0.3, 0.4) is 0 Å². The number of halogens is 1. The van der Waals surface area contributed by atoms with E-state index >= 15 is 0 Å². The van der Waals surface area contributed by atoms with Gasteiger partial charge in [-0.15, -0.1) is 6.26 Å². The van der Waals surface area contributed by atoms with E-state index in [2.05, 4.69) is 0 Å². The summed E-state index contributed by atoms with van der Waals surface area (Å²) in [6.07, 6.45) is 0.531. The average Bonchev–Trinajstić information content (AvgIpc) is 2.10. The van der Waals surface area contributed by atoms with Crippen LogP contribution in [0.5, 0.6) is 0 Å².